The molecule has 0 saturated carbocycles. The molecule has 0 aliphatic rings. The fraction of sp³-hybridized carbons (Fsp3) is 0.389. The number of nitrogens with one attached hydrogen (secondary N) is 3. The topological polar surface area (TPSA) is 86.9 Å². The first-order valence-corrected chi connectivity index (χ1v) is 8.22. The van der Waals surface area contributed by atoms with Gasteiger partial charge >= 0.3 is 0 Å². The van der Waals surface area contributed by atoms with Crippen molar-refractivity contribution < 1.29 is 9.59 Å². The maximum atomic E-state index is 12.1. The molecule has 128 valence electrons. The van der Waals surface area contributed by atoms with Gasteiger partial charge in [0, 0.05) is 30.8 Å². The number of benzene rings is 1. The Morgan fingerprint density at radius 3 is 2.83 bits per heavy atom. The Kier molecular flexibility index (Phi) is 6.54. The zero-order chi connectivity index (χ0) is 17.4. The molecule has 1 heterocycles. The lowest BCUT2D eigenvalue weighted by atomic mass is 10.1. The lowest BCUT2D eigenvalue weighted by Crippen LogP contribution is -2.32. The third kappa shape index (κ3) is 5.53. The summed E-state index contributed by atoms with van der Waals surface area (Å²) in [6.45, 7) is 4.41. The van der Waals surface area contributed by atoms with Gasteiger partial charge in [-0.15, -0.1) is 0 Å². The number of aryl methyl sites for hydroxylation is 1. The molecule has 6 nitrogen and oxygen atoms in total. The molecule has 2 aromatic rings. The molecular formula is C18H24N4O2. The number of hydrogen-bond acceptors (Lipinski definition) is 3. The smallest absolute Gasteiger partial charge is 0.251 e. The van der Waals surface area contributed by atoms with Crippen molar-refractivity contribution in [2.75, 3.05) is 0 Å². The predicted molar refractivity (Wildman–Crippen MR) is 92.4 cm³/mol. The second-order valence-corrected chi connectivity index (χ2v) is 5.87. The molecule has 3 N–H and O–H groups in total. The van der Waals surface area contributed by atoms with E-state index in [9.17, 15) is 9.59 Å². The van der Waals surface area contributed by atoms with Crippen molar-refractivity contribution in [2.24, 2.45) is 0 Å². The standard InChI is InChI=1S/C18H24N4O2/c1-3-13(2)22-18(24)16-6-4-5-14(9-16)10-19-17(23)8-7-15-11-20-21-12-15/h4-6,9,11-13H,3,7-8,10H2,1-2H3,(H,19,23)(H,20,21)(H,22,24). The highest BCUT2D eigenvalue weighted by molar-refractivity contribution is 5.94. The summed E-state index contributed by atoms with van der Waals surface area (Å²) < 4.78 is 0. The second kappa shape index (κ2) is 8.86. The van der Waals surface area contributed by atoms with Crippen LogP contribution in [-0.4, -0.2) is 28.1 Å². The molecular weight excluding hydrogens is 304 g/mol. The first-order valence-electron chi connectivity index (χ1n) is 8.22. The molecule has 1 unspecified atom stereocenters. The Hall–Kier alpha value is -2.63. The first-order chi connectivity index (χ1) is 11.6. The Bertz CT molecular complexity index is 667. The number of amides is 2. The van der Waals surface area contributed by atoms with Crippen LogP contribution in [0.1, 0.15) is 48.2 Å². The van der Waals surface area contributed by atoms with Crippen LogP contribution in [-0.2, 0) is 17.8 Å². The van der Waals surface area contributed by atoms with E-state index in [-0.39, 0.29) is 17.9 Å². The highest BCUT2D eigenvalue weighted by atomic mass is 16.2. The molecule has 24 heavy (non-hydrogen) atoms. The van der Waals surface area contributed by atoms with Gasteiger partial charge in [0.05, 0.1) is 6.20 Å². The number of carbonyl (C=O) groups is 2. The minimum atomic E-state index is -0.0857. The van der Waals surface area contributed by atoms with E-state index in [1.54, 1.807) is 18.5 Å². The van der Waals surface area contributed by atoms with E-state index in [1.165, 1.54) is 0 Å². The zero-order valence-corrected chi connectivity index (χ0v) is 14.1. The zero-order valence-electron chi connectivity index (χ0n) is 14.1. The van der Waals surface area contributed by atoms with Crippen LogP contribution in [0.5, 0.6) is 0 Å². The molecule has 1 aromatic heterocycles. The van der Waals surface area contributed by atoms with Crippen LogP contribution in [0, 0.1) is 0 Å². The van der Waals surface area contributed by atoms with E-state index in [2.05, 4.69) is 20.8 Å². The molecule has 0 fully saturated rings. The maximum Gasteiger partial charge on any atom is 0.251 e. The average Bonchev–Trinajstić information content (AvgIpc) is 3.11. The number of carbonyl (C=O) groups excluding carboxylic acids is 2. The molecule has 6 heteroatoms. The lowest BCUT2D eigenvalue weighted by Gasteiger charge is -2.12. The summed E-state index contributed by atoms with van der Waals surface area (Å²) in [6, 6.07) is 7.47. The van der Waals surface area contributed by atoms with Crippen LogP contribution in [0.4, 0.5) is 0 Å². The summed E-state index contributed by atoms with van der Waals surface area (Å²) in [5.74, 6) is -0.108. The van der Waals surface area contributed by atoms with Gasteiger partial charge in [-0.05, 0) is 43.0 Å². The SMILES string of the molecule is CCC(C)NC(=O)c1cccc(CNC(=O)CCc2cn[nH]c2)c1. The van der Waals surface area contributed by atoms with Crippen LogP contribution >= 0.6 is 0 Å². The van der Waals surface area contributed by atoms with Gasteiger partial charge in [0.15, 0.2) is 0 Å². The van der Waals surface area contributed by atoms with Gasteiger partial charge in [0.2, 0.25) is 5.91 Å². The maximum absolute atomic E-state index is 12.1. The fourth-order valence-electron chi connectivity index (χ4n) is 2.19. The van der Waals surface area contributed by atoms with Crippen LogP contribution in [0.15, 0.2) is 36.7 Å². The van der Waals surface area contributed by atoms with Crippen molar-refractivity contribution in [3.8, 4) is 0 Å². The molecule has 1 atom stereocenters. The number of nitrogens with zero attached hydrogens (tertiary/aromatic N) is 1. The molecule has 2 amide bonds. The molecule has 0 radical (unpaired) electrons. The van der Waals surface area contributed by atoms with Gasteiger partial charge in [0.1, 0.15) is 0 Å². The van der Waals surface area contributed by atoms with Crippen molar-refractivity contribution in [1.82, 2.24) is 20.8 Å². The summed E-state index contributed by atoms with van der Waals surface area (Å²) >= 11 is 0. The lowest BCUT2D eigenvalue weighted by molar-refractivity contribution is -0.121. The predicted octanol–water partition coefficient (Wildman–Crippen LogP) is 2.19. The van der Waals surface area contributed by atoms with Gasteiger partial charge in [-0.3, -0.25) is 14.7 Å². The van der Waals surface area contributed by atoms with E-state index in [0.717, 1.165) is 17.5 Å². The Morgan fingerprint density at radius 1 is 1.29 bits per heavy atom. The quantitative estimate of drug-likeness (QED) is 0.694. The number of H-pyrrole nitrogens is 1. The monoisotopic (exact) mass is 328 g/mol. The van der Waals surface area contributed by atoms with E-state index < -0.39 is 0 Å². The molecule has 0 saturated heterocycles. The third-order valence-electron chi connectivity index (χ3n) is 3.86. The van der Waals surface area contributed by atoms with Crippen LogP contribution < -0.4 is 10.6 Å². The van der Waals surface area contributed by atoms with Gasteiger partial charge in [-0.25, -0.2) is 0 Å². The molecule has 0 spiro atoms. The van der Waals surface area contributed by atoms with Crippen molar-refractivity contribution in [2.45, 2.75) is 45.7 Å². The Balaban J connectivity index is 1.83. The highest BCUT2D eigenvalue weighted by Crippen LogP contribution is 2.07. The minimum Gasteiger partial charge on any atom is -0.352 e. The summed E-state index contributed by atoms with van der Waals surface area (Å²) in [5, 5.41) is 12.4. The van der Waals surface area contributed by atoms with Crippen molar-refractivity contribution in [3.63, 3.8) is 0 Å². The highest BCUT2D eigenvalue weighted by Gasteiger charge is 2.09. The number of hydrogen-bond donors (Lipinski definition) is 3. The van der Waals surface area contributed by atoms with E-state index >= 15 is 0 Å². The van der Waals surface area contributed by atoms with Crippen molar-refractivity contribution in [1.29, 1.82) is 0 Å². The van der Waals surface area contributed by atoms with Crippen LogP contribution in [0.25, 0.3) is 0 Å². The Labute approximate surface area is 142 Å². The summed E-state index contributed by atoms with van der Waals surface area (Å²) in [4.78, 5) is 24.0. The third-order valence-corrected chi connectivity index (χ3v) is 3.86. The first kappa shape index (κ1) is 17.7. The Morgan fingerprint density at radius 2 is 2.12 bits per heavy atom. The minimum absolute atomic E-state index is 0.0225. The summed E-state index contributed by atoms with van der Waals surface area (Å²) in [7, 11) is 0. The number of rotatable bonds is 8. The van der Waals surface area contributed by atoms with E-state index in [1.807, 2.05) is 32.0 Å². The number of aromatic amines is 1. The largest absolute Gasteiger partial charge is 0.352 e. The van der Waals surface area contributed by atoms with Crippen molar-refractivity contribution in [3.05, 3.63) is 53.3 Å². The summed E-state index contributed by atoms with van der Waals surface area (Å²) in [5.41, 5.74) is 2.53. The molecule has 0 aliphatic carbocycles. The fourth-order valence-corrected chi connectivity index (χ4v) is 2.19. The van der Waals surface area contributed by atoms with E-state index in [0.29, 0.717) is 24.9 Å². The van der Waals surface area contributed by atoms with Gasteiger partial charge in [-0.1, -0.05) is 19.1 Å². The van der Waals surface area contributed by atoms with Gasteiger partial charge in [0.25, 0.3) is 5.91 Å². The van der Waals surface area contributed by atoms with Gasteiger partial charge in [-0.2, -0.15) is 5.10 Å². The normalized spacial score (nSPS) is 11.8. The second-order valence-electron chi connectivity index (χ2n) is 5.87. The van der Waals surface area contributed by atoms with Crippen LogP contribution in [0.3, 0.4) is 0 Å². The van der Waals surface area contributed by atoms with Crippen molar-refractivity contribution >= 4 is 11.8 Å². The molecule has 0 bridgehead atoms. The van der Waals surface area contributed by atoms with E-state index in [4.69, 9.17) is 0 Å². The number of aromatic nitrogens is 2. The molecule has 0 aliphatic heterocycles. The molecule has 2 rings (SSSR count). The average molecular weight is 328 g/mol. The summed E-state index contributed by atoms with van der Waals surface area (Å²) in [6.07, 6.45) is 5.45. The molecule has 1 aromatic carbocycles. The van der Waals surface area contributed by atoms with Gasteiger partial charge < -0.3 is 10.6 Å². The van der Waals surface area contributed by atoms with Crippen LogP contribution in [0.2, 0.25) is 0 Å².